The SMILES string of the molecule is CCCCCC(Cl)C(C)c1ccncc1. The minimum atomic E-state index is 0.249. The normalized spacial score (nSPS) is 14.9. The molecule has 1 heterocycles. The number of aromatic nitrogens is 1. The van der Waals surface area contributed by atoms with Crippen molar-refractivity contribution in [3.8, 4) is 0 Å². The molecule has 15 heavy (non-hydrogen) atoms. The molecule has 0 spiro atoms. The Kier molecular flexibility index (Phi) is 5.70. The molecule has 1 nitrogen and oxygen atoms in total. The van der Waals surface area contributed by atoms with E-state index in [-0.39, 0.29) is 5.38 Å². The number of alkyl halides is 1. The quantitative estimate of drug-likeness (QED) is 0.518. The van der Waals surface area contributed by atoms with Gasteiger partial charge in [0.1, 0.15) is 0 Å². The Morgan fingerprint density at radius 3 is 2.53 bits per heavy atom. The molecule has 0 radical (unpaired) electrons. The number of pyridine rings is 1. The summed E-state index contributed by atoms with van der Waals surface area (Å²) in [6.07, 6.45) is 8.56. The third kappa shape index (κ3) is 4.21. The van der Waals surface area contributed by atoms with Crippen molar-refractivity contribution in [2.24, 2.45) is 0 Å². The molecule has 1 aromatic rings. The van der Waals surface area contributed by atoms with Gasteiger partial charge in [-0.15, -0.1) is 11.6 Å². The molecule has 0 aliphatic carbocycles. The van der Waals surface area contributed by atoms with Gasteiger partial charge in [-0.3, -0.25) is 4.98 Å². The summed E-state index contributed by atoms with van der Waals surface area (Å²) >= 11 is 6.38. The van der Waals surface area contributed by atoms with E-state index in [1.807, 2.05) is 12.4 Å². The van der Waals surface area contributed by atoms with Crippen molar-refractivity contribution in [1.29, 1.82) is 0 Å². The van der Waals surface area contributed by atoms with Crippen LogP contribution in [0.2, 0.25) is 0 Å². The van der Waals surface area contributed by atoms with Gasteiger partial charge in [0.15, 0.2) is 0 Å². The van der Waals surface area contributed by atoms with E-state index < -0.39 is 0 Å². The van der Waals surface area contributed by atoms with E-state index >= 15 is 0 Å². The third-order valence-electron chi connectivity index (χ3n) is 2.86. The maximum atomic E-state index is 6.38. The summed E-state index contributed by atoms with van der Waals surface area (Å²) in [5, 5.41) is 0.249. The van der Waals surface area contributed by atoms with E-state index in [0.717, 1.165) is 6.42 Å². The first-order valence-electron chi connectivity index (χ1n) is 5.79. The monoisotopic (exact) mass is 225 g/mol. The van der Waals surface area contributed by atoms with Gasteiger partial charge in [0.25, 0.3) is 0 Å². The lowest BCUT2D eigenvalue weighted by Crippen LogP contribution is -2.09. The Morgan fingerprint density at radius 1 is 1.27 bits per heavy atom. The van der Waals surface area contributed by atoms with Gasteiger partial charge in [0.05, 0.1) is 0 Å². The molecule has 0 saturated heterocycles. The van der Waals surface area contributed by atoms with Gasteiger partial charge in [-0.05, 0) is 30.0 Å². The third-order valence-corrected chi connectivity index (χ3v) is 3.45. The first kappa shape index (κ1) is 12.5. The predicted molar refractivity (Wildman–Crippen MR) is 66.4 cm³/mol. The van der Waals surface area contributed by atoms with Crippen molar-refractivity contribution in [1.82, 2.24) is 4.98 Å². The number of nitrogens with zero attached hydrogens (tertiary/aromatic N) is 1. The first-order chi connectivity index (χ1) is 7.25. The summed E-state index contributed by atoms with van der Waals surface area (Å²) in [6.45, 7) is 4.41. The highest BCUT2D eigenvalue weighted by atomic mass is 35.5. The van der Waals surface area contributed by atoms with Crippen molar-refractivity contribution in [2.75, 3.05) is 0 Å². The highest BCUT2D eigenvalue weighted by Gasteiger charge is 2.15. The number of halogens is 1. The smallest absolute Gasteiger partial charge is 0.0402 e. The van der Waals surface area contributed by atoms with Crippen LogP contribution in [0.5, 0.6) is 0 Å². The Hall–Kier alpha value is -0.560. The molecule has 2 atom stereocenters. The van der Waals surface area contributed by atoms with Crippen molar-refractivity contribution < 1.29 is 0 Å². The molecular formula is C13H20ClN. The Morgan fingerprint density at radius 2 is 1.93 bits per heavy atom. The van der Waals surface area contributed by atoms with Gasteiger partial charge in [-0.2, -0.15) is 0 Å². The Labute approximate surface area is 97.9 Å². The Balaban J connectivity index is 2.42. The van der Waals surface area contributed by atoms with Crippen LogP contribution in [-0.4, -0.2) is 10.4 Å². The van der Waals surface area contributed by atoms with Gasteiger partial charge in [0.2, 0.25) is 0 Å². The lowest BCUT2D eigenvalue weighted by molar-refractivity contribution is 0.587. The number of hydrogen-bond donors (Lipinski definition) is 0. The number of hydrogen-bond acceptors (Lipinski definition) is 1. The zero-order chi connectivity index (χ0) is 11.1. The van der Waals surface area contributed by atoms with Gasteiger partial charge < -0.3 is 0 Å². The molecule has 0 bridgehead atoms. The van der Waals surface area contributed by atoms with Crippen LogP contribution in [-0.2, 0) is 0 Å². The summed E-state index contributed by atoms with van der Waals surface area (Å²) in [4.78, 5) is 4.02. The summed E-state index contributed by atoms with van der Waals surface area (Å²) in [7, 11) is 0. The lowest BCUT2D eigenvalue weighted by Gasteiger charge is -2.17. The largest absolute Gasteiger partial charge is 0.265 e. The molecule has 0 aromatic carbocycles. The lowest BCUT2D eigenvalue weighted by atomic mass is 9.95. The molecule has 0 aliphatic heterocycles. The van der Waals surface area contributed by atoms with Crippen LogP contribution in [0.25, 0.3) is 0 Å². The van der Waals surface area contributed by atoms with Crippen molar-refractivity contribution in [3.05, 3.63) is 30.1 Å². The van der Waals surface area contributed by atoms with Gasteiger partial charge in [0, 0.05) is 17.8 Å². The first-order valence-corrected chi connectivity index (χ1v) is 6.23. The molecule has 1 rings (SSSR count). The molecule has 0 saturated carbocycles. The maximum Gasteiger partial charge on any atom is 0.0402 e. The van der Waals surface area contributed by atoms with Crippen molar-refractivity contribution in [2.45, 2.75) is 50.8 Å². The number of unbranched alkanes of at least 4 members (excludes halogenated alkanes) is 2. The molecule has 0 N–H and O–H groups in total. The van der Waals surface area contributed by atoms with Crippen LogP contribution in [0.1, 0.15) is 51.0 Å². The molecule has 2 heteroatoms. The average Bonchev–Trinajstić information content (AvgIpc) is 2.29. The highest BCUT2D eigenvalue weighted by molar-refractivity contribution is 6.21. The van der Waals surface area contributed by atoms with E-state index in [0.29, 0.717) is 5.92 Å². The van der Waals surface area contributed by atoms with Crippen LogP contribution in [0, 0.1) is 0 Å². The minimum absolute atomic E-state index is 0.249. The maximum absolute atomic E-state index is 6.38. The summed E-state index contributed by atoms with van der Waals surface area (Å²) in [5.74, 6) is 0.423. The molecule has 0 amide bonds. The van der Waals surface area contributed by atoms with Crippen LogP contribution in [0.3, 0.4) is 0 Å². The fourth-order valence-corrected chi connectivity index (χ4v) is 2.01. The van der Waals surface area contributed by atoms with Gasteiger partial charge in [-0.25, -0.2) is 0 Å². The van der Waals surface area contributed by atoms with Crippen molar-refractivity contribution >= 4 is 11.6 Å². The van der Waals surface area contributed by atoms with E-state index in [2.05, 4.69) is 31.0 Å². The van der Waals surface area contributed by atoms with E-state index in [1.165, 1.54) is 24.8 Å². The molecule has 0 aliphatic rings. The molecule has 0 fully saturated rings. The fraction of sp³-hybridized carbons (Fsp3) is 0.615. The fourth-order valence-electron chi connectivity index (χ4n) is 1.72. The highest BCUT2D eigenvalue weighted by Crippen LogP contribution is 2.26. The Bertz CT molecular complexity index is 260. The van der Waals surface area contributed by atoms with Crippen molar-refractivity contribution in [3.63, 3.8) is 0 Å². The van der Waals surface area contributed by atoms with E-state index in [4.69, 9.17) is 11.6 Å². The molecule has 2 unspecified atom stereocenters. The molecule has 84 valence electrons. The van der Waals surface area contributed by atoms with Gasteiger partial charge >= 0.3 is 0 Å². The summed E-state index contributed by atoms with van der Waals surface area (Å²) < 4.78 is 0. The summed E-state index contributed by atoms with van der Waals surface area (Å²) in [6, 6.07) is 4.11. The second-order valence-corrected chi connectivity index (χ2v) is 4.64. The average molecular weight is 226 g/mol. The second-order valence-electron chi connectivity index (χ2n) is 4.08. The van der Waals surface area contributed by atoms with E-state index in [9.17, 15) is 0 Å². The second kappa shape index (κ2) is 6.84. The molecular weight excluding hydrogens is 206 g/mol. The van der Waals surface area contributed by atoms with Crippen LogP contribution < -0.4 is 0 Å². The van der Waals surface area contributed by atoms with Crippen LogP contribution in [0.4, 0.5) is 0 Å². The van der Waals surface area contributed by atoms with Crippen LogP contribution >= 0.6 is 11.6 Å². The molecule has 1 aromatic heterocycles. The minimum Gasteiger partial charge on any atom is -0.265 e. The van der Waals surface area contributed by atoms with Gasteiger partial charge in [-0.1, -0.05) is 33.1 Å². The predicted octanol–water partition coefficient (Wildman–Crippen LogP) is 4.37. The van der Waals surface area contributed by atoms with Crippen LogP contribution in [0.15, 0.2) is 24.5 Å². The number of rotatable bonds is 6. The summed E-state index contributed by atoms with van der Waals surface area (Å²) in [5.41, 5.74) is 1.29. The topological polar surface area (TPSA) is 12.9 Å². The standard InChI is InChI=1S/C13H20ClN/c1-3-4-5-6-13(14)11(2)12-7-9-15-10-8-12/h7-11,13H,3-6H2,1-2H3. The van der Waals surface area contributed by atoms with E-state index in [1.54, 1.807) is 0 Å². The zero-order valence-electron chi connectivity index (χ0n) is 9.62. The zero-order valence-corrected chi connectivity index (χ0v) is 10.4.